The fraction of sp³-hybridized carbons (Fsp3) is 0.579. The lowest BCUT2D eigenvalue weighted by molar-refractivity contribution is 0.0522. The minimum Gasteiger partial charge on any atom is -0.444 e. The third-order valence-electron chi connectivity index (χ3n) is 3.48. The van der Waals surface area contributed by atoms with Gasteiger partial charge in [-0.05, 0) is 39.5 Å². The van der Waals surface area contributed by atoms with Crippen LogP contribution in [-0.2, 0) is 4.74 Å². The Bertz CT molecular complexity index is 539. The number of carbonyl (C=O) groups is 2. The van der Waals surface area contributed by atoms with Crippen molar-refractivity contribution in [2.24, 2.45) is 5.41 Å². The molecule has 0 unspecified atom stereocenters. The molecule has 0 radical (unpaired) electrons. The molecule has 1 aromatic rings. The Labute approximate surface area is 139 Å². The van der Waals surface area contributed by atoms with E-state index in [0.29, 0.717) is 19.4 Å². The maximum Gasteiger partial charge on any atom is 0.407 e. The van der Waals surface area contributed by atoms with Crippen LogP contribution >= 0.6 is 0 Å². The molecule has 0 aromatic heterocycles. The fourth-order valence-corrected chi connectivity index (χ4v) is 2.18. The van der Waals surface area contributed by atoms with Crippen LogP contribution in [0.25, 0.3) is 0 Å². The van der Waals surface area contributed by atoms with E-state index in [9.17, 15) is 9.59 Å². The van der Waals surface area contributed by atoms with Gasteiger partial charge in [-0.25, -0.2) is 4.79 Å². The molecule has 23 heavy (non-hydrogen) atoms. The zero-order valence-electron chi connectivity index (χ0n) is 15.2. The van der Waals surface area contributed by atoms with E-state index >= 15 is 0 Å². The average molecular weight is 319 g/mol. The Morgan fingerprint density at radius 2 is 1.61 bits per heavy atom. The lowest BCUT2D eigenvalue weighted by atomic mass is 9.82. The molecule has 0 aliphatic heterocycles. The summed E-state index contributed by atoms with van der Waals surface area (Å²) in [6.45, 7) is 12.1. The molecule has 0 aliphatic carbocycles. The second-order valence-corrected chi connectivity index (χ2v) is 7.81. The van der Waals surface area contributed by atoms with Crippen LogP contribution in [0.15, 0.2) is 24.3 Å². The summed E-state index contributed by atoms with van der Waals surface area (Å²) >= 11 is 0. The van der Waals surface area contributed by atoms with Crippen molar-refractivity contribution >= 4 is 11.9 Å². The minimum atomic E-state index is -0.499. The lowest BCUT2D eigenvalue weighted by Gasteiger charge is -2.25. The van der Waals surface area contributed by atoms with Gasteiger partial charge in [-0.2, -0.15) is 0 Å². The zero-order valence-corrected chi connectivity index (χ0v) is 15.2. The number of ether oxygens (including phenoxy) is 1. The molecule has 0 atom stereocenters. The Balaban J connectivity index is 2.45. The van der Waals surface area contributed by atoms with Crippen molar-refractivity contribution in [3.05, 3.63) is 35.4 Å². The van der Waals surface area contributed by atoms with Gasteiger partial charge in [0, 0.05) is 18.5 Å². The SMILES string of the molecule is Cc1ccc(C(=O)CC(C)(C)CCNC(=O)OC(C)(C)C)cc1. The average Bonchev–Trinajstić information content (AvgIpc) is 2.36. The maximum atomic E-state index is 12.3. The molecule has 0 heterocycles. The second kappa shape index (κ2) is 7.62. The van der Waals surface area contributed by atoms with Crippen LogP contribution in [0.1, 0.15) is 63.4 Å². The van der Waals surface area contributed by atoms with Gasteiger partial charge >= 0.3 is 6.09 Å². The van der Waals surface area contributed by atoms with Gasteiger partial charge in [-0.1, -0.05) is 43.7 Å². The van der Waals surface area contributed by atoms with Crippen molar-refractivity contribution in [3.63, 3.8) is 0 Å². The first-order valence-corrected chi connectivity index (χ1v) is 8.05. The minimum absolute atomic E-state index is 0.132. The smallest absolute Gasteiger partial charge is 0.407 e. The van der Waals surface area contributed by atoms with E-state index in [1.807, 2.05) is 65.8 Å². The molecule has 0 aliphatic rings. The summed E-state index contributed by atoms with van der Waals surface area (Å²) in [5.41, 5.74) is 1.20. The van der Waals surface area contributed by atoms with Crippen LogP contribution in [0.2, 0.25) is 0 Å². The molecule has 4 heteroatoms. The van der Waals surface area contributed by atoms with Crippen LogP contribution < -0.4 is 5.32 Å². The summed E-state index contributed by atoms with van der Waals surface area (Å²) in [6.07, 6.45) is 0.744. The van der Waals surface area contributed by atoms with Crippen molar-refractivity contribution in [1.29, 1.82) is 0 Å². The van der Waals surface area contributed by atoms with E-state index in [2.05, 4.69) is 5.32 Å². The molecule has 1 N–H and O–H groups in total. The highest BCUT2D eigenvalue weighted by Crippen LogP contribution is 2.26. The molecule has 1 aromatic carbocycles. The van der Waals surface area contributed by atoms with Gasteiger partial charge in [0.25, 0.3) is 0 Å². The van der Waals surface area contributed by atoms with Crippen LogP contribution in [0.4, 0.5) is 4.79 Å². The fourth-order valence-electron chi connectivity index (χ4n) is 2.18. The molecule has 1 amide bonds. The lowest BCUT2D eigenvalue weighted by Crippen LogP contribution is -2.34. The number of rotatable bonds is 6. The number of carbonyl (C=O) groups excluding carboxylic acids is 2. The van der Waals surface area contributed by atoms with Gasteiger partial charge in [0.2, 0.25) is 0 Å². The van der Waals surface area contributed by atoms with Crippen molar-refractivity contribution in [3.8, 4) is 0 Å². The Hall–Kier alpha value is -1.84. The Kier molecular flexibility index (Phi) is 6.37. The standard InChI is InChI=1S/C19H29NO3/c1-14-7-9-15(10-8-14)16(21)13-19(5,6)11-12-20-17(22)23-18(2,3)4/h7-10H,11-13H2,1-6H3,(H,20,22). The highest BCUT2D eigenvalue weighted by molar-refractivity contribution is 5.96. The van der Waals surface area contributed by atoms with E-state index in [-0.39, 0.29) is 11.2 Å². The van der Waals surface area contributed by atoms with Gasteiger partial charge < -0.3 is 10.1 Å². The summed E-state index contributed by atoms with van der Waals surface area (Å²) in [4.78, 5) is 24.0. The first kappa shape index (κ1) is 19.2. The number of ketones is 1. The van der Waals surface area contributed by atoms with E-state index in [4.69, 9.17) is 4.74 Å². The Morgan fingerprint density at radius 3 is 2.13 bits per heavy atom. The highest BCUT2D eigenvalue weighted by atomic mass is 16.6. The first-order chi connectivity index (χ1) is 10.5. The number of Topliss-reactive ketones (excluding diaryl/α,β-unsaturated/α-hetero) is 1. The summed E-state index contributed by atoms with van der Waals surface area (Å²) in [6, 6.07) is 7.63. The van der Waals surface area contributed by atoms with Crippen molar-refractivity contribution in [2.75, 3.05) is 6.54 Å². The third-order valence-corrected chi connectivity index (χ3v) is 3.48. The topological polar surface area (TPSA) is 55.4 Å². The van der Waals surface area contributed by atoms with E-state index < -0.39 is 11.7 Å². The van der Waals surface area contributed by atoms with E-state index in [1.165, 1.54) is 0 Å². The molecule has 0 bridgehead atoms. The molecular weight excluding hydrogens is 290 g/mol. The van der Waals surface area contributed by atoms with E-state index in [1.54, 1.807) is 0 Å². The zero-order chi connectivity index (χ0) is 17.7. The molecule has 0 fully saturated rings. The number of alkyl carbamates (subject to hydrolysis) is 1. The van der Waals surface area contributed by atoms with Crippen molar-refractivity contribution in [1.82, 2.24) is 5.32 Å². The summed E-state index contributed by atoms with van der Waals surface area (Å²) in [7, 11) is 0. The summed E-state index contributed by atoms with van der Waals surface area (Å²) in [5.74, 6) is 0.132. The Morgan fingerprint density at radius 1 is 1.04 bits per heavy atom. The highest BCUT2D eigenvalue weighted by Gasteiger charge is 2.23. The number of hydrogen-bond acceptors (Lipinski definition) is 3. The van der Waals surface area contributed by atoms with Crippen LogP contribution in [0.3, 0.4) is 0 Å². The summed E-state index contributed by atoms with van der Waals surface area (Å²) < 4.78 is 5.20. The number of benzene rings is 1. The van der Waals surface area contributed by atoms with Crippen molar-refractivity contribution < 1.29 is 14.3 Å². The van der Waals surface area contributed by atoms with Gasteiger partial charge in [-0.15, -0.1) is 0 Å². The second-order valence-electron chi connectivity index (χ2n) is 7.81. The first-order valence-electron chi connectivity index (χ1n) is 8.05. The predicted octanol–water partition coefficient (Wildman–Crippen LogP) is 4.51. The number of hydrogen-bond donors (Lipinski definition) is 1. The quantitative estimate of drug-likeness (QED) is 0.785. The van der Waals surface area contributed by atoms with E-state index in [0.717, 1.165) is 11.1 Å². The van der Waals surface area contributed by atoms with Crippen LogP contribution in [-0.4, -0.2) is 24.0 Å². The predicted molar refractivity (Wildman–Crippen MR) is 92.8 cm³/mol. The normalized spacial score (nSPS) is 11.9. The molecule has 0 saturated carbocycles. The number of aryl methyl sites for hydroxylation is 1. The molecule has 4 nitrogen and oxygen atoms in total. The molecule has 0 spiro atoms. The van der Waals surface area contributed by atoms with Gasteiger partial charge in [0.1, 0.15) is 5.60 Å². The number of amides is 1. The van der Waals surface area contributed by atoms with Crippen molar-refractivity contribution in [2.45, 2.75) is 60.0 Å². The summed E-state index contributed by atoms with van der Waals surface area (Å²) in [5, 5.41) is 2.74. The van der Waals surface area contributed by atoms with Gasteiger partial charge in [-0.3, -0.25) is 4.79 Å². The largest absolute Gasteiger partial charge is 0.444 e. The maximum absolute atomic E-state index is 12.3. The van der Waals surface area contributed by atoms with Crippen LogP contribution in [0, 0.1) is 12.3 Å². The molecule has 128 valence electrons. The molecular formula is C19H29NO3. The molecule has 1 rings (SSSR count). The van der Waals surface area contributed by atoms with Crippen LogP contribution in [0.5, 0.6) is 0 Å². The number of nitrogens with one attached hydrogen (secondary N) is 1. The van der Waals surface area contributed by atoms with Gasteiger partial charge in [0.05, 0.1) is 0 Å². The van der Waals surface area contributed by atoms with Gasteiger partial charge in [0.15, 0.2) is 5.78 Å². The monoisotopic (exact) mass is 319 g/mol. The molecule has 0 saturated heterocycles. The third kappa shape index (κ3) is 7.82.